The van der Waals surface area contributed by atoms with E-state index in [1.807, 2.05) is 0 Å². The number of rotatable bonds is 58. The van der Waals surface area contributed by atoms with E-state index >= 15 is 0 Å². The molecule has 69 heavy (non-hydrogen) atoms. The van der Waals surface area contributed by atoms with Gasteiger partial charge in [-0.2, -0.15) is 0 Å². The van der Waals surface area contributed by atoms with Crippen molar-refractivity contribution in [3.05, 3.63) is 36.5 Å². The normalized spacial score (nSPS) is 13.4. The molecule has 0 saturated heterocycles. The molecule has 0 bridgehead atoms. The number of carbonyl (C=O) groups excluding carboxylic acids is 1. The number of carbonyl (C=O) groups is 1. The third kappa shape index (κ3) is 54.2. The summed E-state index contributed by atoms with van der Waals surface area (Å²) in [6.07, 6.45) is 77.6. The number of nitrogens with one attached hydrogen (secondary N) is 1. The van der Waals surface area contributed by atoms with Gasteiger partial charge in [-0.1, -0.05) is 294 Å². The standard InChI is InChI=1S/C64H123NO4/c1-3-5-7-9-11-13-15-17-19-21-23-25-26-27-28-29-30-31-32-33-34-35-36-37-38-39-41-43-45-47-49-51-53-55-57-59-63(68)65-61(60-66)64(69)62(67)58-56-54-52-50-48-46-44-42-40-24-22-20-18-16-14-12-10-8-6-4-2/h29-30,42,44,50,52,61-62,64,66-67,69H,3-28,31-41,43,45-49,51,53-60H2,1-2H3,(H,65,68)/b30-29-,44-42+,52-50+. The molecule has 5 nitrogen and oxygen atoms in total. The summed E-state index contributed by atoms with van der Waals surface area (Å²) >= 11 is 0. The molecule has 0 aliphatic heterocycles. The van der Waals surface area contributed by atoms with Crippen molar-refractivity contribution in [3.8, 4) is 0 Å². The number of unbranched alkanes of at least 4 members (excludes halogenated alkanes) is 44. The molecule has 0 saturated carbocycles. The van der Waals surface area contributed by atoms with Crippen molar-refractivity contribution in [1.82, 2.24) is 5.32 Å². The first-order chi connectivity index (χ1) is 34.1. The Hall–Kier alpha value is -1.43. The van der Waals surface area contributed by atoms with Crippen LogP contribution in [0.3, 0.4) is 0 Å². The minimum Gasteiger partial charge on any atom is -0.394 e. The summed E-state index contributed by atoms with van der Waals surface area (Å²) in [5.41, 5.74) is 0. The SMILES string of the molecule is CCCCCCCCCCCCC/C=C/CC/C=C/CCCC(O)C(O)C(CO)NC(=O)CCCCCCCCCCCCCCCCCCC/C=C\CCCCCCCCCCCCCCCC. The van der Waals surface area contributed by atoms with Crippen LogP contribution in [-0.4, -0.2) is 46.1 Å². The smallest absolute Gasteiger partial charge is 0.220 e. The number of allylic oxidation sites excluding steroid dienone is 6. The van der Waals surface area contributed by atoms with Crippen LogP contribution in [0.4, 0.5) is 0 Å². The molecule has 0 aliphatic carbocycles. The minimum absolute atomic E-state index is 0.153. The number of aliphatic hydroxyl groups is 3. The van der Waals surface area contributed by atoms with Crippen LogP contribution < -0.4 is 5.32 Å². The van der Waals surface area contributed by atoms with Crippen LogP contribution in [0.25, 0.3) is 0 Å². The number of hydrogen-bond acceptors (Lipinski definition) is 4. The zero-order valence-electron chi connectivity index (χ0n) is 46.7. The summed E-state index contributed by atoms with van der Waals surface area (Å²) in [5.74, 6) is -0.153. The van der Waals surface area contributed by atoms with E-state index in [9.17, 15) is 20.1 Å². The van der Waals surface area contributed by atoms with Crippen LogP contribution in [0, 0.1) is 0 Å². The summed E-state index contributed by atoms with van der Waals surface area (Å²) in [6, 6.07) is -0.832. The van der Waals surface area contributed by atoms with E-state index in [1.165, 1.54) is 270 Å². The van der Waals surface area contributed by atoms with Gasteiger partial charge in [-0.15, -0.1) is 0 Å². The fourth-order valence-electron chi connectivity index (χ4n) is 9.88. The predicted molar refractivity (Wildman–Crippen MR) is 305 cm³/mol. The largest absolute Gasteiger partial charge is 0.394 e. The molecule has 408 valence electrons. The lowest BCUT2D eigenvalue weighted by Gasteiger charge is -2.26. The van der Waals surface area contributed by atoms with Gasteiger partial charge in [-0.3, -0.25) is 4.79 Å². The van der Waals surface area contributed by atoms with Crippen LogP contribution in [0.1, 0.15) is 341 Å². The first-order valence-corrected chi connectivity index (χ1v) is 31.3. The van der Waals surface area contributed by atoms with Crippen LogP contribution in [0.15, 0.2) is 36.5 Å². The van der Waals surface area contributed by atoms with Gasteiger partial charge in [-0.05, 0) is 77.0 Å². The predicted octanol–water partition coefficient (Wildman–Crippen LogP) is 19.8. The van der Waals surface area contributed by atoms with Crippen molar-refractivity contribution in [2.45, 2.75) is 360 Å². The maximum absolute atomic E-state index is 12.5. The molecule has 5 heteroatoms. The molecule has 3 atom stereocenters. The fourth-order valence-corrected chi connectivity index (χ4v) is 9.88. The molecule has 0 aliphatic rings. The third-order valence-electron chi connectivity index (χ3n) is 14.7. The topological polar surface area (TPSA) is 89.8 Å². The molecule has 0 heterocycles. The second-order valence-electron chi connectivity index (χ2n) is 21.6. The van der Waals surface area contributed by atoms with E-state index in [0.717, 1.165) is 44.9 Å². The van der Waals surface area contributed by atoms with E-state index in [0.29, 0.717) is 12.8 Å². The van der Waals surface area contributed by atoms with Gasteiger partial charge < -0.3 is 20.6 Å². The highest BCUT2D eigenvalue weighted by molar-refractivity contribution is 5.76. The van der Waals surface area contributed by atoms with E-state index in [-0.39, 0.29) is 12.5 Å². The first kappa shape index (κ1) is 67.6. The maximum Gasteiger partial charge on any atom is 0.220 e. The zero-order valence-corrected chi connectivity index (χ0v) is 46.7. The van der Waals surface area contributed by atoms with Crippen molar-refractivity contribution in [3.63, 3.8) is 0 Å². The summed E-state index contributed by atoms with van der Waals surface area (Å²) in [5, 5.41) is 33.8. The van der Waals surface area contributed by atoms with Gasteiger partial charge in [0.2, 0.25) is 5.91 Å². The second-order valence-corrected chi connectivity index (χ2v) is 21.6. The van der Waals surface area contributed by atoms with Crippen molar-refractivity contribution in [2.24, 2.45) is 0 Å². The summed E-state index contributed by atoms with van der Waals surface area (Å²) in [4.78, 5) is 12.5. The van der Waals surface area contributed by atoms with Crippen LogP contribution in [-0.2, 0) is 4.79 Å². The molecule has 0 aromatic rings. The molecular formula is C64H123NO4. The third-order valence-corrected chi connectivity index (χ3v) is 14.7. The van der Waals surface area contributed by atoms with Gasteiger partial charge in [0.25, 0.3) is 0 Å². The number of hydrogen-bond donors (Lipinski definition) is 4. The molecule has 0 radical (unpaired) electrons. The zero-order chi connectivity index (χ0) is 50.0. The molecule has 0 fully saturated rings. The Morgan fingerprint density at radius 1 is 0.348 bits per heavy atom. The maximum atomic E-state index is 12.5. The Balaban J connectivity index is 3.51. The molecular weight excluding hydrogens is 847 g/mol. The van der Waals surface area contributed by atoms with Crippen LogP contribution in [0.5, 0.6) is 0 Å². The Bertz CT molecular complexity index is 1070. The molecule has 3 unspecified atom stereocenters. The van der Waals surface area contributed by atoms with Gasteiger partial charge in [-0.25, -0.2) is 0 Å². The van der Waals surface area contributed by atoms with Crippen molar-refractivity contribution >= 4 is 5.91 Å². The number of amides is 1. The van der Waals surface area contributed by atoms with E-state index in [1.54, 1.807) is 0 Å². The summed E-state index contributed by atoms with van der Waals surface area (Å²) < 4.78 is 0. The highest BCUT2D eigenvalue weighted by atomic mass is 16.3. The second kappa shape index (κ2) is 59.1. The number of aliphatic hydroxyl groups excluding tert-OH is 3. The van der Waals surface area contributed by atoms with Crippen LogP contribution >= 0.6 is 0 Å². The molecule has 0 spiro atoms. The van der Waals surface area contributed by atoms with E-state index in [4.69, 9.17) is 0 Å². The first-order valence-electron chi connectivity index (χ1n) is 31.3. The summed E-state index contributed by atoms with van der Waals surface area (Å²) in [7, 11) is 0. The molecule has 0 aromatic heterocycles. The molecule has 1 amide bonds. The van der Waals surface area contributed by atoms with Gasteiger partial charge >= 0.3 is 0 Å². The Morgan fingerprint density at radius 2 is 0.594 bits per heavy atom. The molecule has 0 rings (SSSR count). The van der Waals surface area contributed by atoms with Gasteiger partial charge in [0.1, 0.15) is 6.10 Å². The summed E-state index contributed by atoms with van der Waals surface area (Å²) in [6.45, 7) is 4.20. The van der Waals surface area contributed by atoms with Crippen LogP contribution in [0.2, 0.25) is 0 Å². The lowest BCUT2D eigenvalue weighted by molar-refractivity contribution is -0.124. The lowest BCUT2D eigenvalue weighted by Crippen LogP contribution is -2.50. The Labute approximate surface area is 432 Å². The monoisotopic (exact) mass is 970 g/mol. The molecule has 4 N–H and O–H groups in total. The highest BCUT2D eigenvalue weighted by Gasteiger charge is 2.26. The highest BCUT2D eigenvalue weighted by Crippen LogP contribution is 2.18. The fraction of sp³-hybridized carbons (Fsp3) is 0.891. The van der Waals surface area contributed by atoms with Gasteiger partial charge in [0.15, 0.2) is 0 Å². The van der Waals surface area contributed by atoms with Gasteiger partial charge in [0, 0.05) is 6.42 Å². The average Bonchev–Trinajstić information content (AvgIpc) is 3.35. The average molecular weight is 971 g/mol. The molecule has 0 aromatic carbocycles. The van der Waals surface area contributed by atoms with Gasteiger partial charge in [0.05, 0.1) is 18.8 Å². The minimum atomic E-state index is -1.17. The lowest BCUT2D eigenvalue weighted by atomic mass is 10.0. The van der Waals surface area contributed by atoms with E-state index in [2.05, 4.69) is 55.6 Å². The van der Waals surface area contributed by atoms with E-state index < -0.39 is 18.2 Å². The van der Waals surface area contributed by atoms with Crippen molar-refractivity contribution < 1.29 is 20.1 Å². The Morgan fingerprint density at radius 3 is 0.884 bits per heavy atom. The Kier molecular flexibility index (Phi) is 57.9. The quantitative estimate of drug-likeness (QED) is 0.0361. The van der Waals surface area contributed by atoms with Crippen molar-refractivity contribution in [2.75, 3.05) is 6.61 Å². The van der Waals surface area contributed by atoms with Crippen molar-refractivity contribution in [1.29, 1.82) is 0 Å².